The standard InChI is InChI=1S/C14H20BrN3OS/c1-5-6-18-13(10(19-4)8-17-18)12(16-3)11-7-9(2)14(15)20-11/h7-8,12,16H,5-6H2,1-4H3. The van der Waals surface area contributed by atoms with Gasteiger partial charge in [-0.15, -0.1) is 11.3 Å². The molecule has 0 saturated heterocycles. The highest BCUT2D eigenvalue weighted by Gasteiger charge is 2.24. The van der Waals surface area contributed by atoms with Crippen LogP contribution >= 0.6 is 27.3 Å². The van der Waals surface area contributed by atoms with Crippen LogP contribution in [0.3, 0.4) is 0 Å². The number of nitrogens with one attached hydrogen (secondary N) is 1. The minimum absolute atomic E-state index is 0.0917. The molecular weight excluding hydrogens is 338 g/mol. The smallest absolute Gasteiger partial charge is 0.161 e. The fourth-order valence-corrected chi connectivity index (χ4v) is 3.94. The average molecular weight is 358 g/mol. The molecule has 0 spiro atoms. The SMILES string of the molecule is CCCn1ncc(OC)c1C(NC)c1cc(C)c(Br)s1. The van der Waals surface area contributed by atoms with Crippen molar-refractivity contribution in [2.45, 2.75) is 32.9 Å². The lowest BCUT2D eigenvalue weighted by Gasteiger charge is -2.18. The van der Waals surface area contributed by atoms with Crippen molar-refractivity contribution in [2.24, 2.45) is 0 Å². The summed E-state index contributed by atoms with van der Waals surface area (Å²) in [6.07, 6.45) is 2.84. The molecule has 1 atom stereocenters. The van der Waals surface area contributed by atoms with Crippen LogP contribution in [0.4, 0.5) is 0 Å². The lowest BCUT2D eigenvalue weighted by molar-refractivity contribution is 0.400. The Hall–Kier alpha value is -0.850. The van der Waals surface area contributed by atoms with E-state index in [1.165, 1.54) is 14.2 Å². The molecule has 20 heavy (non-hydrogen) atoms. The molecule has 110 valence electrons. The summed E-state index contributed by atoms with van der Waals surface area (Å²) in [5.74, 6) is 0.833. The third-order valence-corrected chi connectivity index (χ3v) is 5.42. The summed E-state index contributed by atoms with van der Waals surface area (Å²) in [6.45, 7) is 5.15. The van der Waals surface area contributed by atoms with E-state index in [4.69, 9.17) is 4.74 Å². The number of nitrogens with zero attached hydrogens (tertiary/aromatic N) is 2. The molecule has 1 unspecified atom stereocenters. The van der Waals surface area contributed by atoms with Crippen molar-refractivity contribution in [1.29, 1.82) is 0 Å². The van der Waals surface area contributed by atoms with Gasteiger partial charge in [-0.05, 0) is 48.0 Å². The molecule has 0 aliphatic rings. The largest absolute Gasteiger partial charge is 0.493 e. The normalized spacial score (nSPS) is 12.7. The zero-order chi connectivity index (χ0) is 14.7. The Labute approximate surface area is 132 Å². The molecule has 1 N–H and O–H groups in total. The predicted octanol–water partition coefficient (Wildman–Crippen LogP) is 3.74. The first-order valence-corrected chi connectivity index (χ1v) is 8.26. The minimum atomic E-state index is 0.0917. The van der Waals surface area contributed by atoms with E-state index in [1.54, 1.807) is 24.6 Å². The van der Waals surface area contributed by atoms with Crippen molar-refractivity contribution < 1.29 is 4.74 Å². The Kier molecular flexibility index (Phi) is 5.23. The van der Waals surface area contributed by atoms with E-state index in [9.17, 15) is 0 Å². The Morgan fingerprint density at radius 3 is 2.80 bits per heavy atom. The third-order valence-electron chi connectivity index (χ3n) is 3.22. The number of hydrogen-bond donors (Lipinski definition) is 1. The molecule has 0 aliphatic carbocycles. The van der Waals surface area contributed by atoms with Gasteiger partial charge in [0.05, 0.1) is 23.1 Å². The van der Waals surface area contributed by atoms with E-state index < -0.39 is 0 Å². The molecule has 4 nitrogen and oxygen atoms in total. The van der Waals surface area contributed by atoms with Gasteiger partial charge in [-0.2, -0.15) is 5.10 Å². The molecular formula is C14H20BrN3OS. The highest BCUT2D eigenvalue weighted by Crippen LogP contribution is 2.37. The van der Waals surface area contributed by atoms with Crippen molar-refractivity contribution in [2.75, 3.05) is 14.2 Å². The Morgan fingerprint density at radius 1 is 1.55 bits per heavy atom. The number of ether oxygens (including phenoxy) is 1. The van der Waals surface area contributed by atoms with Gasteiger partial charge in [0.1, 0.15) is 5.69 Å². The summed E-state index contributed by atoms with van der Waals surface area (Å²) in [7, 11) is 3.66. The van der Waals surface area contributed by atoms with E-state index >= 15 is 0 Å². The van der Waals surface area contributed by atoms with Crippen LogP contribution in [0, 0.1) is 6.92 Å². The van der Waals surface area contributed by atoms with Gasteiger partial charge in [-0.25, -0.2) is 0 Å². The van der Waals surface area contributed by atoms with Crippen LogP contribution in [-0.2, 0) is 6.54 Å². The fraction of sp³-hybridized carbons (Fsp3) is 0.500. The Bertz CT molecular complexity index is 559. The maximum atomic E-state index is 5.48. The summed E-state index contributed by atoms with van der Waals surface area (Å²) in [4.78, 5) is 1.26. The van der Waals surface area contributed by atoms with Gasteiger partial charge in [0.2, 0.25) is 0 Å². The fourth-order valence-electron chi connectivity index (χ4n) is 2.26. The molecule has 0 saturated carbocycles. The van der Waals surface area contributed by atoms with Crippen molar-refractivity contribution in [3.63, 3.8) is 0 Å². The van der Waals surface area contributed by atoms with Crippen molar-refractivity contribution in [3.8, 4) is 5.75 Å². The van der Waals surface area contributed by atoms with E-state index in [2.05, 4.69) is 46.3 Å². The zero-order valence-corrected chi connectivity index (χ0v) is 14.6. The van der Waals surface area contributed by atoms with Crippen LogP contribution < -0.4 is 10.1 Å². The second kappa shape index (κ2) is 6.74. The Balaban J connectivity index is 2.47. The lowest BCUT2D eigenvalue weighted by atomic mass is 10.1. The van der Waals surface area contributed by atoms with Crippen LogP contribution in [0.15, 0.2) is 16.0 Å². The molecule has 6 heteroatoms. The van der Waals surface area contributed by atoms with Crippen LogP contribution in [0.5, 0.6) is 5.75 Å². The molecule has 2 heterocycles. The van der Waals surface area contributed by atoms with Gasteiger partial charge in [0, 0.05) is 11.4 Å². The second-order valence-corrected chi connectivity index (χ2v) is 7.05. The van der Waals surface area contributed by atoms with Gasteiger partial charge in [0.25, 0.3) is 0 Å². The molecule has 0 amide bonds. The summed E-state index contributed by atoms with van der Waals surface area (Å²) < 4.78 is 8.69. The van der Waals surface area contributed by atoms with Crippen molar-refractivity contribution in [1.82, 2.24) is 15.1 Å². The van der Waals surface area contributed by atoms with E-state index in [0.29, 0.717) is 0 Å². The molecule has 2 aromatic heterocycles. The van der Waals surface area contributed by atoms with E-state index in [-0.39, 0.29) is 6.04 Å². The van der Waals surface area contributed by atoms with Crippen molar-refractivity contribution in [3.05, 3.63) is 32.2 Å². The lowest BCUT2D eigenvalue weighted by Crippen LogP contribution is -2.21. The maximum absolute atomic E-state index is 5.48. The first kappa shape index (κ1) is 15.5. The Morgan fingerprint density at radius 2 is 2.30 bits per heavy atom. The van der Waals surface area contributed by atoms with Gasteiger partial charge < -0.3 is 10.1 Å². The van der Waals surface area contributed by atoms with Gasteiger partial charge in [0.15, 0.2) is 5.75 Å². The number of thiophene rings is 1. The highest BCUT2D eigenvalue weighted by atomic mass is 79.9. The van der Waals surface area contributed by atoms with Crippen molar-refractivity contribution >= 4 is 27.3 Å². The molecule has 0 fully saturated rings. The average Bonchev–Trinajstić information content (AvgIpc) is 2.97. The quantitative estimate of drug-likeness (QED) is 0.855. The van der Waals surface area contributed by atoms with Crippen LogP contribution in [-0.4, -0.2) is 23.9 Å². The van der Waals surface area contributed by atoms with E-state index in [0.717, 1.165) is 24.4 Å². The van der Waals surface area contributed by atoms with Gasteiger partial charge in [-0.3, -0.25) is 4.68 Å². The molecule has 0 aromatic carbocycles. The summed E-state index contributed by atoms with van der Waals surface area (Å²) >= 11 is 5.35. The summed E-state index contributed by atoms with van der Waals surface area (Å²) in [6, 6.07) is 2.30. The number of aryl methyl sites for hydroxylation is 2. The predicted molar refractivity (Wildman–Crippen MR) is 86.7 cm³/mol. The first-order chi connectivity index (χ1) is 9.62. The van der Waals surface area contributed by atoms with Gasteiger partial charge in [-0.1, -0.05) is 6.92 Å². The van der Waals surface area contributed by atoms with Crippen LogP contribution in [0.25, 0.3) is 0 Å². The highest BCUT2D eigenvalue weighted by molar-refractivity contribution is 9.11. The second-order valence-electron chi connectivity index (χ2n) is 4.65. The van der Waals surface area contributed by atoms with Crippen LogP contribution in [0.2, 0.25) is 0 Å². The van der Waals surface area contributed by atoms with Crippen LogP contribution in [0.1, 0.15) is 35.5 Å². The minimum Gasteiger partial charge on any atom is -0.493 e. The number of methoxy groups -OCH3 is 1. The molecule has 2 rings (SSSR count). The summed E-state index contributed by atoms with van der Waals surface area (Å²) in [5, 5.41) is 7.83. The monoisotopic (exact) mass is 357 g/mol. The molecule has 0 radical (unpaired) electrons. The molecule has 0 aliphatic heterocycles. The third kappa shape index (κ3) is 2.92. The summed E-state index contributed by atoms with van der Waals surface area (Å²) in [5.41, 5.74) is 2.34. The van der Waals surface area contributed by atoms with E-state index in [1.807, 2.05) is 11.7 Å². The van der Waals surface area contributed by atoms with Gasteiger partial charge >= 0.3 is 0 Å². The zero-order valence-electron chi connectivity index (χ0n) is 12.2. The molecule has 2 aromatic rings. The number of aromatic nitrogens is 2. The number of hydrogen-bond acceptors (Lipinski definition) is 4. The molecule has 0 bridgehead atoms. The number of halogens is 1. The topological polar surface area (TPSA) is 39.1 Å². The first-order valence-electron chi connectivity index (χ1n) is 6.65. The number of rotatable bonds is 6. The maximum Gasteiger partial charge on any atom is 0.161 e.